The van der Waals surface area contributed by atoms with Gasteiger partial charge in [-0.2, -0.15) is 0 Å². The lowest BCUT2D eigenvalue weighted by molar-refractivity contribution is 0.0677. The van der Waals surface area contributed by atoms with E-state index in [1.807, 2.05) is 0 Å². The van der Waals surface area contributed by atoms with Crippen molar-refractivity contribution in [3.8, 4) is 0 Å². The highest BCUT2D eigenvalue weighted by molar-refractivity contribution is 4.98. The fraction of sp³-hybridized carbons (Fsp3) is 1.00. The van der Waals surface area contributed by atoms with Gasteiger partial charge in [0.05, 0.1) is 0 Å². The second kappa shape index (κ2) is 5.08. The largest absolute Gasteiger partial charge is 0.309 e. The summed E-state index contributed by atoms with van der Waals surface area (Å²) in [6.07, 6.45) is 11.5. The van der Waals surface area contributed by atoms with Gasteiger partial charge in [-0.05, 0) is 44.9 Å². The van der Waals surface area contributed by atoms with Crippen LogP contribution in [0.15, 0.2) is 0 Å². The number of hydrogen-bond acceptors (Lipinski definition) is 1. The molecule has 1 N–H and O–H groups in total. The molecule has 2 aliphatic rings. The number of unbranched alkanes of at least 4 members (excludes halogenated alkanes) is 1. The quantitative estimate of drug-likeness (QED) is 0.759. The SMILES string of the molecule is CCCCC1CC(C)(C)NC2CCCCC12. The molecule has 0 bridgehead atoms. The van der Waals surface area contributed by atoms with Crippen LogP contribution in [-0.4, -0.2) is 11.6 Å². The lowest BCUT2D eigenvalue weighted by Crippen LogP contribution is -2.57. The lowest BCUT2D eigenvalue weighted by Gasteiger charge is -2.49. The van der Waals surface area contributed by atoms with Crippen molar-refractivity contribution in [1.29, 1.82) is 0 Å². The Labute approximate surface area is 101 Å². The zero-order chi connectivity index (χ0) is 11.6. The minimum absolute atomic E-state index is 0.386. The Hall–Kier alpha value is -0.0400. The van der Waals surface area contributed by atoms with E-state index in [0.717, 1.165) is 17.9 Å². The summed E-state index contributed by atoms with van der Waals surface area (Å²) in [5, 5.41) is 3.90. The zero-order valence-electron chi connectivity index (χ0n) is 11.4. The maximum atomic E-state index is 3.90. The molecule has 94 valence electrons. The van der Waals surface area contributed by atoms with Gasteiger partial charge in [-0.3, -0.25) is 0 Å². The molecule has 3 atom stereocenters. The molecule has 1 aliphatic heterocycles. The lowest BCUT2D eigenvalue weighted by atomic mass is 9.67. The Morgan fingerprint density at radius 2 is 1.94 bits per heavy atom. The maximum absolute atomic E-state index is 3.90. The van der Waals surface area contributed by atoms with Crippen molar-refractivity contribution in [1.82, 2.24) is 5.32 Å². The third-order valence-electron chi connectivity index (χ3n) is 4.70. The van der Waals surface area contributed by atoms with Crippen molar-refractivity contribution in [2.24, 2.45) is 11.8 Å². The summed E-state index contributed by atoms with van der Waals surface area (Å²) < 4.78 is 0. The molecule has 1 nitrogen and oxygen atoms in total. The molecular formula is C15H29N. The topological polar surface area (TPSA) is 12.0 Å². The van der Waals surface area contributed by atoms with E-state index in [9.17, 15) is 0 Å². The molecule has 3 unspecified atom stereocenters. The first-order valence-corrected chi connectivity index (χ1v) is 7.40. The maximum Gasteiger partial charge on any atom is 0.0130 e. The van der Waals surface area contributed by atoms with Crippen LogP contribution in [0.3, 0.4) is 0 Å². The van der Waals surface area contributed by atoms with Gasteiger partial charge in [0.1, 0.15) is 0 Å². The number of nitrogens with one attached hydrogen (secondary N) is 1. The van der Waals surface area contributed by atoms with Crippen LogP contribution in [0.25, 0.3) is 0 Å². The number of rotatable bonds is 3. The van der Waals surface area contributed by atoms with Gasteiger partial charge in [-0.15, -0.1) is 0 Å². The third-order valence-corrected chi connectivity index (χ3v) is 4.70. The van der Waals surface area contributed by atoms with Gasteiger partial charge >= 0.3 is 0 Å². The average molecular weight is 223 g/mol. The van der Waals surface area contributed by atoms with Crippen LogP contribution in [0.4, 0.5) is 0 Å². The minimum atomic E-state index is 0.386. The monoisotopic (exact) mass is 223 g/mol. The smallest absolute Gasteiger partial charge is 0.0130 e. The van der Waals surface area contributed by atoms with Crippen LogP contribution in [0.1, 0.15) is 72.1 Å². The summed E-state index contributed by atoms with van der Waals surface area (Å²) in [6.45, 7) is 7.12. The highest BCUT2D eigenvalue weighted by Gasteiger charge is 2.40. The number of piperidine rings is 1. The molecule has 2 rings (SSSR count). The van der Waals surface area contributed by atoms with Crippen LogP contribution in [0, 0.1) is 11.8 Å². The summed E-state index contributed by atoms with van der Waals surface area (Å²) in [5.74, 6) is 2.00. The molecule has 1 heterocycles. The summed E-state index contributed by atoms with van der Waals surface area (Å²) in [5.41, 5.74) is 0.386. The summed E-state index contributed by atoms with van der Waals surface area (Å²) in [7, 11) is 0. The van der Waals surface area contributed by atoms with E-state index < -0.39 is 0 Å². The molecule has 16 heavy (non-hydrogen) atoms. The van der Waals surface area contributed by atoms with Crippen LogP contribution in [0.2, 0.25) is 0 Å². The van der Waals surface area contributed by atoms with E-state index in [1.54, 1.807) is 0 Å². The highest BCUT2D eigenvalue weighted by atomic mass is 15.0. The molecule has 1 saturated carbocycles. The summed E-state index contributed by atoms with van der Waals surface area (Å²) in [4.78, 5) is 0. The normalized spacial score (nSPS) is 38.1. The molecule has 1 saturated heterocycles. The predicted octanol–water partition coefficient (Wildman–Crippen LogP) is 4.12. The Balaban J connectivity index is 2.01. The van der Waals surface area contributed by atoms with Gasteiger partial charge in [0.2, 0.25) is 0 Å². The zero-order valence-corrected chi connectivity index (χ0v) is 11.4. The van der Waals surface area contributed by atoms with E-state index in [1.165, 1.54) is 51.4 Å². The molecule has 1 aliphatic carbocycles. The van der Waals surface area contributed by atoms with E-state index in [4.69, 9.17) is 0 Å². The summed E-state index contributed by atoms with van der Waals surface area (Å²) >= 11 is 0. The van der Waals surface area contributed by atoms with Crippen molar-refractivity contribution in [3.05, 3.63) is 0 Å². The standard InChI is InChI=1S/C15H29N/c1-4-5-8-12-11-15(2,3)16-14-10-7-6-9-13(12)14/h12-14,16H,4-11H2,1-3H3. The molecule has 1 heteroatoms. The molecule has 2 fully saturated rings. The molecular weight excluding hydrogens is 194 g/mol. The van der Waals surface area contributed by atoms with Crippen molar-refractivity contribution in [2.45, 2.75) is 83.7 Å². The van der Waals surface area contributed by atoms with Gasteiger partial charge in [0.15, 0.2) is 0 Å². The van der Waals surface area contributed by atoms with E-state index in [2.05, 4.69) is 26.1 Å². The first-order chi connectivity index (χ1) is 7.62. The van der Waals surface area contributed by atoms with E-state index in [0.29, 0.717) is 5.54 Å². The van der Waals surface area contributed by atoms with Crippen LogP contribution in [0.5, 0.6) is 0 Å². The Kier molecular flexibility index (Phi) is 3.94. The first-order valence-electron chi connectivity index (χ1n) is 7.40. The highest BCUT2D eigenvalue weighted by Crippen LogP contribution is 2.41. The molecule has 0 aromatic heterocycles. The molecule has 0 amide bonds. The van der Waals surface area contributed by atoms with Crippen LogP contribution < -0.4 is 5.32 Å². The van der Waals surface area contributed by atoms with Gasteiger partial charge in [0, 0.05) is 11.6 Å². The predicted molar refractivity (Wildman–Crippen MR) is 70.6 cm³/mol. The number of hydrogen-bond donors (Lipinski definition) is 1. The second-order valence-electron chi connectivity index (χ2n) is 6.69. The molecule has 0 radical (unpaired) electrons. The third kappa shape index (κ3) is 2.80. The van der Waals surface area contributed by atoms with E-state index in [-0.39, 0.29) is 0 Å². The molecule has 0 spiro atoms. The van der Waals surface area contributed by atoms with Gasteiger partial charge in [-0.25, -0.2) is 0 Å². The second-order valence-corrected chi connectivity index (χ2v) is 6.69. The number of fused-ring (bicyclic) bond motifs is 1. The first kappa shape index (κ1) is 12.4. The Bertz CT molecular complexity index is 221. The van der Waals surface area contributed by atoms with Gasteiger partial charge < -0.3 is 5.32 Å². The van der Waals surface area contributed by atoms with Crippen LogP contribution in [-0.2, 0) is 0 Å². The minimum Gasteiger partial charge on any atom is -0.309 e. The van der Waals surface area contributed by atoms with Crippen molar-refractivity contribution in [2.75, 3.05) is 0 Å². The molecule has 0 aromatic rings. The molecule has 0 aromatic carbocycles. The van der Waals surface area contributed by atoms with Gasteiger partial charge in [0.25, 0.3) is 0 Å². The van der Waals surface area contributed by atoms with Crippen molar-refractivity contribution in [3.63, 3.8) is 0 Å². The van der Waals surface area contributed by atoms with E-state index >= 15 is 0 Å². The summed E-state index contributed by atoms with van der Waals surface area (Å²) in [6, 6.07) is 0.833. The fourth-order valence-corrected chi connectivity index (χ4v) is 4.05. The van der Waals surface area contributed by atoms with Crippen molar-refractivity contribution < 1.29 is 0 Å². The van der Waals surface area contributed by atoms with Crippen LogP contribution >= 0.6 is 0 Å². The average Bonchev–Trinajstić information content (AvgIpc) is 2.24. The van der Waals surface area contributed by atoms with Crippen molar-refractivity contribution >= 4 is 0 Å². The fourth-order valence-electron chi connectivity index (χ4n) is 4.05. The Morgan fingerprint density at radius 1 is 1.19 bits per heavy atom. The Morgan fingerprint density at radius 3 is 2.69 bits per heavy atom. The van der Waals surface area contributed by atoms with Gasteiger partial charge in [-0.1, -0.05) is 39.0 Å².